The van der Waals surface area contributed by atoms with E-state index in [2.05, 4.69) is 28.7 Å². The number of furan rings is 1. The van der Waals surface area contributed by atoms with E-state index in [0.29, 0.717) is 18.0 Å². The van der Waals surface area contributed by atoms with Crippen molar-refractivity contribution >= 4 is 11.4 Å². The predicted molar refractivity (Wildman–Crippen MR) is 116 cm³/mol. The number of hydrogen-bond donors (Lipinski definition) is 1. The highest BCUT2D eigenvalue weighted by Gasteiger charge is 2.13. The largest absolute Gasteiger partial charge is 0.497 e. The lowest BCUT2D eigenvalue weighted by Crippen LogP contribution is -2.23. The van der Waals surface area contributed by atoms with E-state index in [4.69, 9.17) is 9.15 Å². The molecule has 0 radical (unpaired) electrons. The summed E-state index contributed by atoms with van der Waals surface area (Å²) >= 11 is 0. The molecule has 0 aliphatic rings. The van der Waals surface area contributed by atoms with Crippen LogP contribution in [0.25, 0.3) is 22.5 Å². The van der Waals surface area contributed by atoms with Crippen molar-refractivity contribution < 1.29 is 13.9 Å². The molecular weight excluding hydrogens is 392 g/mol. The first-order chi connectivity index (χ1) is 15.2. The van der Waals surface area contributed by atoms with Crippen LogP contribution in [0, 0.1) is 0 Å². The van der Waals surface area contributed by atoms with E-state index in [9.17, 15) is 4.79 Å². The zero-order valence-corrected chi connectivity index (χ0v) is 16.9. The van der Waals surface area contributed by atoms with Gasteiger partial charge >= 0.3 is 0 Å². The number of aromatic nitrogens is 3. The van der Waals surface area contributed by atoms with Gasteiger partial charge in [0.15, 0.2) is 5.69 Å². The Balaban J connectivity index is 1.43. The summed E-state index contributed by atoms with van der Waals surface area (Å²) in [6.45, 7) is 0.316. The average Bonchev–Trinajstić information content (AvgIpc) is 3.57. The number of methoxy groups -OCH3 is 1. The molecule has 1 amide bonds. The first-order valence-electron chi connectivity index (χ1n) is 9.83. The number of ether oxygens (including phenoxy) is 1. The van der Waals surface area contributed by atoms with Crippen molar-refractivity contribution in [3.63, 3.8) is 0 Å². The molecule has 0 aliphatic carbocycles. The Hall–Kier alpha value is -4.26. The molecule has 7 heteroatoms. The van der Waals surface area contributed by atoms with Crippen molar-refractivity contribution in [2.45, 2.75) is 6.54 Å². The smallest absolute Gasteiger partial charge is 0.272 e. The van der Waals surface area contributed by atoms with Crippen LogP contribution in [-0.2, 0) is 6.54 Å². The monoisotopic (exact) mass is 412 g/mol. The van der Waals surface area contributed by atoms with Gasteiger partial charge in [0.05, 0.1) is 19.9 Å². The number of carbonyl (C=O) groups is 1. The van der Waals surface area contributed by atoms with Crippen LogP contribution >= 0.6 is 0 Å². The number of pyridine rings is 1. The number of benzene rings is 1. The minimum absolute atomic E-state index is 0.256. The number of hydrogen-bond acceptors (Lipinski definition) is 4. The number of rotatable bonds is 6. The van der Waals surface area contributed by atoms with Crippen LogP contribution in [0.3, 0.4) is 0 Å². The van der Waals surface area contributed by atoms with Crippen molar-refractivity contribution in [2.24, 2.45) is 0 Å². The quantitative estimate of drug-likeness (QED) is 0.451. The van der Waals surface area contributed by atoms with Gasteiger partial charge in [-0.2, -0.15) is 5.10 Å². The van der Waals surface area contributed by atoms with Crippen molar-refractivity contribution in [1.29, 1.82) is 0 Å². The molecule has 4 heterocycles. The van der Waals surface area contributed by atoms with Crippen LogP contribution in [0.1, 0.15) is 16.2 Å². The summed E-state index contributed by atoms with van der Waals surface area (Å²) in [4.78, 5) is 12.4. The summed E-state index contributed by atoms with van der Waals surface area (Å²) < 4.78 is 14.3. The lowest BCUT2D eigenvalue weighted by molar-refractivity contribution is 0.0942. The van der Waals surface area contributed by atoms with E-state index in [1.54, 1.807) is 36.4 Å². The molecule has 0 saturated heterocycles. The van der Waals surface area contributed by atoms with Gasteiger partial charge in [0.1, 0.15) is 17.3 Å². The minimum Gasteiger partial charge on any atom is -0.497 e. The normalized spacial score (nSPS) is 11.0. The lowest BCUT2D eigenvalue weighted by Gasteiger charge is -2.08. The fourth-order valence-electron chi connectivity index (χ4n) is 3.49. The Morgan fingerprint density at radius 2 is 1.97 bits per heavy atom. The second-order valence-electron chi connectivity index (χ2n) is 7.04. The molecule has 0 unspecified atom stereocenters. The number of nitrogens with one attached hydrogen (secondary N) is 1. The highest BCUT2D eigenvalue weighted by molar-refractivity contribution is 5.92. The van der Waals surface area contributed by atoms with E-state index in [0.717, 1.165) is 28.2 Å². The zero-order valence-electron chi connectivity index (χ0n) is 16.9. The highest BCUT2D eigenvalue weighted by Crippen LogP contribution is 2.26. The predicted octanol–water partition coefficient (Wildman–Crippen LogP) is 4.32. The van der Waals surface area contributed by atoms with E-state index >= 15 is 0 Å². The maximum atomic E-state index is 12.4. The molecule has 1 aromatic carbocycles. The van der Waals surface area contributed by atoms with Gasteiger partial charge in [0.2, 0.25) is 0 Å². The zero-order chi connectivity index (χ0) is 21.2. The Bertz CT molecular complexity index is 1350. The van der Waals surface area contributed by atoms with Gasteiger partial charge in [0, 0.05) is 17.9 Å². The van der Waals surface area contributed by atoms with Crippen molar-refractivity contribution in [3.05, 3.63) is 96.8 Å². The van der Waals surface area contributed by atoms with E-state index in [1.165, 1.54) is 0 Å². The van der Waals surface area contributed by atoms with Crippen LogP contribution in [0.5, 0.6) is 5.75 Å². The SMILES string of the molecule is COc1cccc(-c2ccc3ccc(-n4ccc(C(=O)NCc5ccco5)n4)n3c2)c1. The second-order valence-corrected chi connectivity index (χ2v) is 7.04. The van der Waals surface area contributed by atoms with Gasteiger partial charge < -0.3 is 18.9 Å². The van der Waals surface area contributed by atoms with Crippen LogP contribution in [0.4, 0.5) is 0 Å². The van der Waals surface area contributed by atoms with Gasteiger partial charge in [-0.05, 0) is 59.7 Å². The molecule has 0 atom stereocenters. The maximum Gasteiger partial charge on any atom is 0.272 e. The van der Waals surface area contributed by atoms with Gasteiger partial charge in [-0.3, -0.25) is 4.79 Å². The Morgan fingerprint density at radius 3 is 2.81 bits per heavy atom. The van der Waals surface area contributed by atoms with E-state index < -0.39 is 0 Å². The van der Waals surface area contributed by atoms with Crippen LogP contribution in [0.2, 0.25) is 0 Å². The maximum absolute atomic E-state index is 12.4. The highest BCUT2D eigenvalue weighted by atomic mass is 16.5. The molecule has 1 N–H and O–H groups in total. The Kier molecular flexibility index (Phi) is 4.76. The Labute approximate surface area is 178 Å². The molecule has 0 aliphatic heterocycles. The molecule has 7 nitrogen and oxygen atoms in total. The van der Waals surface area contributed by atoms with Crippen molar-refractivity contribution in [3.8, 4) is 22.7 Å². The fourth-order valence-corrected chi connectivity index (χ4v) is 3.49. The Morgan fingerprint density at radius 1 is 1.06 bits per heavy atom. The topological polar surface area (TPSA) is 73.7 Å². The number of nitrogens with zero attached hydrogens (tertiary/aromatic N) is 3. The third-order valence-electron chi connectivity index (χ3n) is 5.09. The molecular formula is C24H20N4O3. The molecule has 5 rings (SSSR count). The van der Waals surface area contributed by atoms with Gasteiger partial charge in [-0.25, -0.2) is 4.68 Å². The summed E-state index contributed by atoms with van der Waals surface area (Å²) in [7, 11) is 1.66. The summed E-state index contributed by atoms with van der Waals surface area (Å²) in [5.41, 5.74) is 3.47. The molecule has 4 aromatic heterocycles. The van der Waals surface area contributed by atoms with Crippen molar-refractivity contribution in [2.75, 3.05) is 7.11 Å². The molecule has 0 saturated carbocycles. The first-order valence-corrected chi connectivity index (χ1v) is 9.83. The van der Waals surface area contributed by atoms with Gasteiger partial charge in [-0.15, -0.1) is 0 Å². The summed E-state index contributed by atoms with van der Waals surface area (Å²) in [6, 6.07) is 21.3. The van der Waals surface area contributed by atoms with Gasteiger partial charge in [-0.1, -0.05) is 18.2 Å². The first kappa shape index (κ1) is 18.7. The summed E-state index contributed by atoms with van der Waals surface area (Å²) in [5, 5.41) is 7.28. The molecule has 0 fully saturated rings. The molecule has 0 bridgehead atoms. The number of fused-ring (bicyclic) bond motifs is 1. The van der Waals surface area contributed by atoms with Gasteiger partial charge in [0.25, 0.3) is 5.91 Å². The van der Waals surface area contributed by atoms with Crippen LogP contribution < -0.4 is 10.1 Å². The lowest BCUT2D eigenvalue weighted by atomic mass is 10.1. The fraction of sp³-hybridized carbons (Fsp3) is 0.0833. The second kappa shape index (κ2) is 7.87. The average molecular weight is 412 g/mol. The van der Waals surface area contributed by atoms with Crippen LogP contribution in [-0.4, -0.2) is 27.2 Å². The molecule has 0 spiro atoms. The van der Waals surface area contributed by atoms with E-state index in [-0.39, 0.29) is 5.91 Å². The molecule has 31 heavy (non-hydrogen) atoms. The van der Waals surface area contributed by atoms with Crippen LogP contribution in [0.15, 0.2) is 89.8 Å². The number of amides is 1. The summed E-state index contributed by atoms with van der Waals surface area (Å²) in [6.07, 6.45) is 5.41. The standard InChI is InChI=1S/C24H20N4O3/c1-30-20-5-2-4-17(14-20)18-7-8-19-9-10-23(27(19)16-18)28-12-11-22(26-28)24(29)25-15-21-6-3-13-31-21/h2-14,16H,15H2,1H3,(H,25,29). The van der Waals surface area contributed by atoms with Crippen molar-refractivity contribution in [1.82, 2.24) is 19.5 Å². The number of carbonyl (C=O) groups excluding carboxylic acids is 1. The molecule has 5 aromatic rings. The third-order valence-corrected chi connectivity index (χ3v) is 5.09. The van der Waals surface area contributed by atoms with E-state index in [1.807, 2.05) is 46.9 Å². The third kappa shape index (κ3) is 3.69. The summed E-state index contributed by atoms with van der Waals surface area (Å²) in [5.74, 6) is 2.08. The molecule has 154 valence electrons. The minimum atomic E-state index is -0.256.